The molecule has 0 bridgehead atoms. The number of hydrogen-bond donors (Lipinski definition) is 1. The lowest BCUT2D eigenvalue weighted by atomic mass is 10.1. The number of ether oxygens (including phenoxy) is 3. The Bertz CT molecular complexity index is 439. The van der Waals surface area contributed by atoms with Crippen LogP contribution in [0.3, 0.4) is 0 Å². The highest BCUT2D eigenvalue weighted by molar-refractivity contribution is 6.20. The molecule has 0 aliphatic carbocycles. The number of alkyl halides is 1. The third-order valence-corrected chi connectivity index (χ3v) is 3.08. The number of para-hydroxylation sites is 1. The first kappa shape index (κ1) is 16.6. The molecule has 0 heterocycles. The molecule has 0 fully saturated rings. The van der Waals surface area contributed by atoms with Gasteiger partial charge in [-0.25, -0.2) is 0 Å². The monoisotopic (exact) mass is 301 g/mol. The SMILES string of the molecule is COCC(Cl)CCNC(=O)c1cccc(OC)c1OC. The van der Waals surface area contributed by atoms with Crippen LogP contribution in [0, 0.1) is 0 Å². The van der Waals surface area contributed by atoms with Gasteiger partial charge in [0.05, 0.1) is 31.8 Å². The Labute approximate surface area is 124 Å². The average molecular weight is 302 g/mol. The van der Waals surface area contributed by atoms with E-state index in [9.17, 15) is 4.79 Å². The second-order valence-corrected chi connectivity index (χ2v) is 4.76. The van der Waals surface area contributed by atoms with Crippen molar-refractivity contribution < 1.29 is 19.0 Å². The molecule has 1 unspecified atom stereocenters. The van der Waals surface area contributed by atoms with E-state index >= 15 is 0 Å². The van der Waals surface area contributed by atoms with Gasteiger partial charge in [0.2, 0.25) is 0 Å². The summed E-state index contributed by atoms with van der Waals surface area (Å²) in [7, 11) is 4.62. The van der Waals surface area contributed by atoms with E-state index in [0.29, 0.717) is 36.6 Å². The van der Waals surface area contributed by atoms with Crippen molar-refractivity contribution in [1.82, 2.24) is 5.32 Å². The quantitative estimate of drug-likeness (QED) is 0.747. The maximum atomic E-state index is 12.1. The number of halogens is 1. The molecule has 6 heteroatoms. The van der Waals surface area contributed by atoms with E-state index in [0.717, 1.165) is 0 Å². The zero-order valence-electron chi connectivity index (χ0n) is 11.9. The number of benzene rings is 1. The van der Waals surface area contributed by atoms with Gasteiger partial charge in [-0.05, 0) is 18.6 Å². The van der Waals surface area contributed by atoms with Gasteiger partial charge in [-0.15, -0.1) is 11.6 Å². The molecule has 0 aliphatic rings. The third-order valence-electron chi connectivity index (χ3n) is 2.74. The number of methoxy groups -OCH3 is 3. The molecule has 112 valence electrons. The van der Waals surface area contributed by atoms with Crippen molar-refractivity contribution in [2.24, 2.45) is 0 Å². The van der Waals surface area contributed by atoms with E-state index in [1.54, 1.807) is 25.3 Å². The first-order valence-corrected chi connectivity index (χ1v) is 6.69. The van der Waals surface area contributed by atoms with Crippen molar-refractivity contribution in [2.75, 3.05) is 34.5 Å². The molecule has 1 aromatic rings. The molecule has 5 nitrogen and oxygen atoms in total. The predicted octanol–water partition coefficient (Wildman–Crippen LogP) is 2.08. The summed E-state index contributed by atoms with van der Waals surface area (Å²) in [4.78, 5) is 12.1. The van der Waals surface area contributed by atoms with Crippen LogP contribution < -0.4 is 14.8 Å². The Morgan fingerprint density at radius 1 is 1.30 bits per heavy atom. The van der Waals surface area contributed by atoms with Gasteiger partial charge in [0.25, 0.3) is 5.91 Å². The highest BCUT2D eigenvalue weighted by atomic mass is 35.5. The molecule has 20 heavy (non-hydrogen) atoms. The van der Waals surface area contributed by atoms with Crippen LogP contribution >= 0.6 is 11.6 Å². The Morgan fingerprint density at radius 3 is 2.65 bits per heavy atom. The van der Waals surface area contributed by atoms with E-state index in [1.807, 2.05) is 0 Å². The zero-order valence-corrected chi connectivity index (χ0v) is 12.7. The summed E-state index contributed by atoms with van der Waals surface area (Å²) < 4.78 is 15.3. The van der Waals surface area contributed by atoms with Crippen LogP contribution in [0.1, 0.15) is 16.8 Å². The molecule has 1 atom stereocenters. The van der Waals surface area contributed by atoms with Crippen LogP contribution in [0.25, 0.3) is 0 Å². The Kier molecular flexibility index (Phi) is 7.18. The minimum Gasteiger partial charge on any atom is -0.493 e. The summed E-state index contributed by atoms with van der Waals surface area (Å²) in [6, 6.07) is 5.17. The van der Waals surface area contributed by atoms with Gasteiger partial charge in [-0.3, -0.25) is 4.79 Å². The standard InChI is InChI=1S/C14H20ClNO4/c1-18-9-10(15)7-8-16-14(17)11-5-4-6-12(19-2)13(11)20-3/h4-6,10H,7-9H2,1-3H3,(H,16,17). The van der Waals surface area contributed by atoms with Crippen LogP contribution in [-0.4, -0.2) is 45.8 Å². The minimum absolute atomic E-state index is 0.118. The van der Waals surface area contributed by atoms with Crippen molar-refractivity contribution in [3.8, 4) is 11.5 Å². The fraction of sp³-hybridized carbons (Fsp3) is 0.500. The molecule has 0 saturated carbocycles. The zero-order chi connectivity index (χ0) is 15.0. The van der Waals surface area contributed by atoms with Gasteiger partial charge < -0.3 is 19.5 Å². The maximum Gasteiger partial charge on any atom is 0.255 e. The summed E-state index contributed by atoms with van der Waals surface area (Å²) >= 11 is 6.00. The Balaban J connectivity index is 2.64. The highest BCUT2D eigenvalue weighted by Crippen LogP contribution is 2.30. The van der Waals surface area contributed by atoms with E-state index in [2.05, 4.69) is 5.32 Å². The molecule has 0 spiro atoms. The van der Waals surface area contributed by atoms with Gasteiger partial charge in [-0.1, -0.05) is 6.07 Å². The average Bonchev–Trinajstić information content (AvgIpc) is 2.46. The number of hydrogen-bond acceptors (Lipinski definition) is 4. The summed E-state index contributed by atoms with van der Waals surface area (Å²) in [5, 5.41) is 2.68. The summed E-state index contributed by atoms with van der Waals surface area (Å²) in [6.07, 6.45) is 0.632. The van der Waals surface area contributed by atoms with Crippen molar-refractivity contribution >= 4 is 17.5 Å². The van der Waals surface area contributed by atoms with E-state index in [-0.39, 0.29) is 11.3 Å². The fourth-order valence-electron chi connectivity index (χ4n) is 1.77. The van der Waals surface area contributed by atoms with E-state index < -0.39 is 0 Å². The van der Waals surface area contributed by atoms with Crippen molar-refractivity contribution in [3.63, 3.8) is 0 Å². The van der Waals surface area contributed by atoms with Crippen molar-refractivity contribution in [1.29, 1.82) is 0 Å². The molecular formula is C14H20ClNO4. The molecule has 0 aliphatic heterocycles. The first-order valence-electron chi connectivity index (χ1n) is 6.26. The Morgan fingerprint density at radius 2 is 2.05 bits per heavy atom. The lowest BCUT2D eigenvalue weighted by Gasteiger charge is -2.13. The van der Waals surface area contributed by atoms with Gasteiger partial charge in [0.15, 0.2) is 11.5 Å². The smallest absolute Gasteiger partial charge is 0.255 e. The summed E-state index contributed by atoms with van der Waals surface area (Å²) in [5.41, 5.74) is 0.435. The Hall–Kier alpha value is -1.46. The molecular weight excluding hydrogens is 282 g/mol. The first-order chi connectivity index (χ1) is 9.63. The number of carbonyl (C=O) groups is 1. The molecule has 0 saturated heterocycles. The minimum atomic E-state index is -0.220. The predicted molar refractivity (Wildman–Crippen MR) is 78.0 cm³/mol. The molecule has 0 aromatic heterocycles. The van der Waals surface area contributed by atoms with Gasteiger partial charge in [-0.2, -0.15) is 0 Å². The number of rotatable bonds is 8. The normalized spacial score (nSPS) is 11.8. The largest absolute Gasteiger partial charge is 0.493 e. The lowest BCUT2D eigenvalue weighted by molar-refractivity contribution is 0.0948. The van der Waals surface area contributed by atoms with Crippen LogP contribution in [0.15, 0.2) is 18.2 Å². The number of amides is 1. The molecule has 0 radical (unpaired) electrons. The third kappa shape index (κ3) is 4.58. The van der Waals surface area contributed by atoms with Crippen LogP contribution in [0.5, 0.6) is 11.5 Å². The van der Waals surface area contributed by atoms with Gasteiger partial charge in [0.1, 0.15) is 0 Å². The molecule has 1 amide bonds. The van der Waals surface area contributed by atoms with Crippen LogP contribution in [-0.2, 0) is 4.74 Å². The summed E-state index contributed by atoms with van der Waals surface area (Å²) in [6.45, 7) is 0.927. The number of nitrogens with one attached hydrogen (secondary N) is 1. The summed E-state index contributed by atoms with van der Waals surface area (Å²) in [5.74, 6) is 0.726. The second kappa shape index (κ2) is 8.66. The highest BCUT2D eigenvalue weighted by Gasteiger charge is 2.16. The number of carbonyl (C=O) groups excluding carboxylic acids is 1. The van der Waals surface area contributed by atoms with Crippen LogP contribution in [0.4, 0.5) is 0 Å². The maximum absolute atomic E-state index is 12.1. The van der Waals surface area contributed by atoms with Crippen molar-refractivity contribution in [3.05, 3.63) is 23.8 Å². The molecule has 1 N–H and O–H groups in total. The van der Waals surface area contributed by atoms with Gasteiger partial charge in [0, 0.05) is 13.7 Å². The van der Waals surface area contributed by atoms with Crippen LogP contribution in [0.2, 0.25) is 0 Å². The fourth-order valence-corrected chi connectivity index (χ4v) is 2.00. The molecule has 1 rings (SSSR count). The lowest BCUT2D eigenvalue weighted by Crippen LogP contribution is -2.27. The van der Waals surface area contributed by atoms with E-state index in [4.69, 9.17) is 25.8 Å². The molecule has 1 aromatic carbocycles. The van der Waals surface area contributed by atoms with Gasteiger partial charge >= 0.3 is 0 Å². The topological polar surface area (TPSA) is 56.8 Å². The second-order valence-electron chi connectivity index (χ2n) is 4.14. The van der Waals surface area contributed by atoms with Crippen molar-refractivity contribution in [2.45, 2.75) is 11.8 Å². The van der Waals surface area contributed by atoms with E-state index in [1.165, 1.54) is 14.2 Å².